The molecule has 2 heterocycles. The molecule has 0 aliphatic heterocycles. The highest BCUT2D eigenvalue weighted by atomic mass is 32.1. The third-order valence-electron chi connectivity index (χ3n) is 3.44. The predicted octanol–water partition coefficient (Wildman–Crippen LogP) is 3.31. The van der Waals surface area contributed by atoms with Gasteiger partial charge in [-0.3, -0.25) is 9.89 Å². The zero-order chi connectivity index (χ0) is 17.1. The molecule has 0 saturated heterocycles. The minimum atomic E-state index is -0.416. The molecule has 24 heavy (non-hydrogen) atoms. The maximum atomic E-state index is 12.2. The van der Waals surface area contributed by atoms with Gasteiger partial charge in [0.1, 0.15) is 5.75 Å². The fourth-order valence-corrected chi connectivity index (χ4v) is 3.01. The van der Waals surface area contributed by atoms with Crippen molar-refractivity contribution >= 4 is 23.0 Å². The van der Waals surface area contributed by atoms with Gasteiger partial charge in [0.05, 0.1) is 16.3 Å². The average Bonchev–Trinajstić information content (AvgIpc) is 3.21. The Morgan fingerprint density at radius 2 is 2.08 bits per heavy atom. The number of hydrazone groups is 1. The Labute approximate surface area is 142 Å². The lowest BCUT2D eigenvalue weighted by atomic mass is 10.1. The number of phenols is 1. The summed E-state index contributed by atoms with van der Waals surface area (Å²) in [6.07, 6.45) is 0. The smallest absolute Gasteiger partial charge is 0.291 e. The molecule has 0 aliphatic carbocycles. The lowest BCUT2D eigenvalue weighted by Crippen LogP contribution is -2.19. The van der Waals surface area contributed by atoms with E-state index in [1.165, 1.54) is 4.88 Å². The summed E-state index contributed by atoms with van der Waals surface area (Å²) < 4.78 is 0. The van der Waals surface area contributed by atoms with Crippen molar-refractivity contribution in [3.05, 3.63) is 58.6 Å². The Morgan fingerprint density at radius 3 is 2.79 bits per heavy atom. The summed E-state index contributed by atoms with van der Waals surface area (Å²) in [6.45, 7) is 3.73. The second-order valence-electron chi connectivity index (χ2n) is 5.23. The van der Waals surface area contributed by atoms with E-state index in [4.69, 9.17) is 0 Å². The lowest BCUT2D eigenvalue weighted by Gasteiger charge is -2.03. The summed E-state index contributed by atoms with van der Waals surface area (Å²) in [5.74, 6) is -0.302. The lowest BCUT2D eigenvalue weighted by molar-refractivity contribution is 0.0950. The summed E-state index contributed by atoms with van der Waals surface area (Å²) in [6, 6.07) is 12.5. The highest BCUT2D eigenvalue weighted by Crippen LogP contribution is 2.26. The number of rotatable bonds is 4. The molecular formula is C17H16N4O2S. The molecule has 0 aliphatic rings. The Kier molecular flexibility index (Phi) is 4.43. The molecule has 0 radical (unpaired) electrons. The van der Waals surface area contributed by atoms with E-state index in [1.54, 1.807) is 48.6 Å². The Bertz CT molecular complexity index is 911. The first-order valence-corrected chi connectivity index (χ1v) is 8.11. The van der Waals surface area contributed by atoms with Crippen LogP contribution in [0.2, 0.25) is 0 Å². The van der Waals surface area contributed by atoms with Gasteiger partial charge in [0.25, 0.3) is 5.91 Å². The van der Waals surface area contributed by atoms with Crippen LogP contribution >= 0.6 is 11.3 Å². The number of thiophene rings is 1. The fraction of sp³-hybridized carbons (Fsp3) is 0.118. The predicted molar refractivity (Wildman–Crippen MR) is 94.4 cm³/mol. The van der Waals surface area contributed by atoms with Crippen molar-refractivity contribution in [2.45, 2.75) is 13.8 Å². The molecule has 122 valence electrons. The molecular weight excluding hydrogens is 324 g/mol. The van der Waals surface area contributed by atoms with Crippen LogP contribution < -0.4 is 5.43 Å². The third kappa shape index (κ3) is 3.36. The van der Waals surface area contributed by atoms with Crippen LogP contribution in [0.5, 0.6) is 5.75 Å². The van der Waals surface area contributed by atoms with Gasteiger partial charge in [-0.05, 0) is 44.2 Å². The summed E-state index contributed by atoms with van der Waals surface area (Å²) in [5.41, 5.74) is 4.57. The number of nitrogens with one attached hydrogen (secondary N) is 2. The number of aromatic nitrogens is 2. The number of para-hydroxylation sites is 1. The van der Waals surface area contributed by atoms with Gasteiger partial charge in [-0.15, -0.1) is 11.3 Å². The van der Waals surface area contributed by atoms with Gasteiger partial charge < -0.3 is 5.11 Å². The number of amides is 1. The Balaban J connectivity index is 1.73. The number of carbonyl (C=O) groups excluding carboxylic acids is 1. The van der Waals surface area contributed by atoms with Gasteiger partial charge in [0.15, 0.2) is 5.69 Å². The SMILES string of the molecule is CC(=NNC(=O)c1cc(-c2ccc(C)s2)[nH]n1)c1ccccc1O. The number of benzene rings is 1. The number of aryl methyl sites for hydroxylation is 1. The Hall–Kier alpha value is -2.93. The average molecular weight is 340 g/mol. The summed E-state index contributed by atoms with van der Waals surface area (Å²) in [7, 11) is 0. The largest absolute Gasteiger partial charge is 0.507 e. The first-order valence-electron chi connectivity index (χ1n) is 7.30. The molecule has 1 amide bonds. The first-order chi connectivity index (χ1) is 11.5. The van der Waals surface area contributed by atoms with E-state index in [0.717, 1.165) is 10.6 Å². The van der Waals surface area contributed by atoms with E-state index in [1.807, 2.05) is 19.1 Å². The van der Waals surface area contributed by atoms with Crippen LogP contribution in [-0.2, 0) is 0 Å². The normalized spacial score (nSPS) is 11.5. The molecule has 0 atom stereocenters. The van der Waals surface area contributed by atoms with Gasteiger partial charge in [-0.25, -0.2) is 5.43 Å². The molecule has 1 aromatic carbocycles. The number of phenolic OH excluding ortho intramolecular Hbond substituents is 1. The number of hydrogen-bond acceptors (Lipinski definition) is 5. The maximum absolute atomic E-state index is 12.2. The number of aromatic amines is 1. The zero-order valence-electron chi connectivity index (χ0n) is 13.2. The molecule has 0 saturated carbocycles. The second-order valence-corrected chi connectivity index (χ2v) is 6.52. The monoisotopic (exact) mass is 340 g/mol. The second kappa shape index (κ2) is 6.67. The minimum absolute atomic E-state index is 0.114. The number of carbonyl (C=O) groups is 1. The summed E-state index contributed by atoms with van der Waals surface area (Å²) in [4.78, 5) is 14.4. The standard InChI is InChI=1S/C17H16N4O2S/c1-10-7-8-16(24-10)13-9-14(20-19-13)17(23)21-18-11(2)12-5-3-4-6-15(12)22/h3-9,22H,1-2H3,(H,19,20)(H,21,23). The van der Waals surface area contributed by atoms with Crippen LogP contribution in [0.4, 0.5) is 0 Å². The molecule has 7 heteroatoms. The molecule has 3 N–H and O–H groups in total. The van der Waals surface area contributed by atoms with Crippen molar-refractivity contribution in [3.8, 4) is 16.3 Å². The van der Waals surface area contributed by atoms with Crippen molar-refractivity contribution in [3.63, 3.8) is 0 Å². The van der Waals surface area contributed by atoms with E-state index in [9.17, 15) is 9.90 Å². The van der Waals surface area contributed by atoms with Crippen molar-refractivity contribution in [2.75, 3.05) is 0 Å². The Morgan fingerprint density at radius 1 is 1.29 bits per heavy atom. The van der Waals surface area contributed by atoms with Crippen LogP contribution in [0.1, 0.15) is 27.9 Å². The van der Waals surface area contributed by atoms with Gasteiger partial charge in [-0.1, -0.05) is 12.1 Å². The molecule has 6 nitrogen and oxygen atoms in total. The minimum Gasteiger partial charge on any atom is -0.507 e. The number of H-pyrrole nitrogens is 1. The quantitative estimate of drug-likeness (QED) is 0.503. The highest BCUT2D eigenvalue weighted by molar-refractivity contribution is 7.15. The molecule has 0 fully saturated rings. The number of hydrogen-bond donors (Lipinski definition) is 3. The van der Waals surface area contributed by atoms with Crippen LogP contribution in [-0.4, -0.2) is 26.9 Å². The topological polar surface area (TPSA) is 90.4 Å². The van der Waals surface area contributed by atoms with E-state index >= 15 is 0 Å². The van der Waals surface area contributed by atoms with Gasteiger partial charge in [0.2, 0.25) is 0 Å². The molecule has 3 rings (SSSR count). The van der Waals surface area contributed by atoms with Crippen molar-refractivity contribution in [2.24, 2.45) is 5.10 Å². The van der Waals surface area contributed by atoms with Crippen molar-refractivity contribution in [1.82, 2.24) is 15.6 Å². The summed E-state index contributed by atoms with van der Waals surface area (Å²) in [5, 5.41) is 20.7. The maximum Gasteiger partial charge on any atom is 0.291 e. The zero-order valence-corrected chi connectivity index (χ0v) is 14.0. The molecule has 0 bridgehead atoms. The highest BCUT2D eigenvalue weighted by Gasteiger charge is 2.12. The van der Waals surface area contributed by atoms with Crippen LogP contribution in [0.3, 0.4) is 0 Å². The van der Waals surface area contributed by atoms with Gasteiger partial charge >= 0.3 is 0 Å². The van der Waals surface area contributed by atoms with E-state index in [-0.39, 0.29) is 11.4 Å². The van der Waals surface area contributed by atoms with Crippen LogP contribution in [0.25, 0.3) is 10.6 Å². The van der Waals surface area contributed by atoms with Crippen LogP contribution in [0.15, 0.2) is 47.6 Å². The van der Waals surface area contributed by atoms with Crippen LogP contribution in [0, 0.1) is 6.92 Å². The molecule has 2 aromatic heterocycles. The molecule has 3 aromatic rings. The van der Waals surface area contributed by atoms with Gasteiger partial charge in [0, 0.05) is 10.4 Å². The van der Waals surface area contributed by atoms with Crippen molar-refractivity contribution < 1.29 is 9.90 Å². The fourth-order valence-electron chi connectivity index (χ4n) is 2.18. The number of nitrogens with zero attached hydrogens (tertiary/aromatic N) is 2. The van der Waals surface area contributed by atoms with E-state index in [0.29, 0.717) is 11.3 Å². The van der Waals surface area contributed by atoms with Gasteiger partial charge in [-0.2, -0.15) is 10.2 Å². The molecule has 0 unspecified atom stereocenters. The third-order valence-corrected chi connectivity index (χ3v) is 4.47. The van der Waals surface area contributed by atoms with E-state index in [2.05, 4.69) is 20.7 Å². The van der Waals surface area contributed by atoms with Crippen molar-refractivity contribution in [1.29, 1.82) is 0 Å². The number of aromatic hydroxyl groups is 1. The van der Waals surface area contributed by atoms with E-state index < -0.39 is 5.91 Å². The molecule has 0 spiro atoms. The summed E-state index contributed by atoms with van der Waals surface area (Å²) >= 11 is 1.62. The first kappa shape index (κ1) is 15.9.